The van der Waals surface area contributed by atoms with Crippen molar-refractivity contribution < 1.29 is 14.6 Å². The summed E-state index contributed by atoms with van der Waals surface area (Å²) in [6.45, 7) is 4.65. The van der Waals surface area contributed by atoms with Gasteiger partial charge in [0, 0.05) is 6.54 Å². The summed E-state index contributed by atoms with van der Waals surface area (Å²) in [5.74, 6) is -0.0493. The van der Waals surface area contributed by atoms with Gasteiger partial charge in [-0.2, -0.15) is 0 Å². The van der Waals surface area contributed by atoms with E-state index in [0.717, 1.165) is 0 Å². The average molecular weight is 216 g/mol. The fourth-order valence-corrected chi connectivity index (χ4v) is 1.62. The fraction of sp³-hybridized carbons (Fsp3) is 0.900. The third kappa shape index (κ3) is 2.90. The van der Waals surface area contributed by atoms with E-state index >= 15 is 0 Å². The Balaban J connectivity index is 2.61. The molecule has 88 valence electrons. The zero-order valence-electron chi connectivity index (χ0n) is 9.35. The SMILES string of the molecule is CCC(N)C(=O)N1CC(CO)OCC1C. The molecule has 0 bridgehead atoms. The van der Waals surface area contributed by atoms with Gasteiger partial charge in [-0.25, -0.2) is 0 Å². The summed E-state index contributed by atoms with van der Waals surface area (Å²) in [4.78, 5) is 13.6. The van der Waals surface area contributed by atoms with Crippen LogP contribution in [0.1, 0.15) is 20.3 Å². The van der Waals surface area contributed by atoms with E-state index in [1.54, 1.807) is 4.90 Å². The van der Waals surface area contributed by atoms with E-state index in [1.807, 2.05) is 13.8 Å². The molecule has 0 radical (unpaired) electrons. The largest absolute Gasteiger partial charge is 0.394 e. The van der Waals surface area contributed by atoms with E-state index in [0.29, 0.717) is 19.6 Å². The number of amides is 1. The molecule has 0 spiro atoms. The van der Waals surface area contributed by atoms with Crippen molar-refractivity contribution in [3.8, 4) is 0 Å². The number of hydrogen-bond acceptors (Lipinski definition) is 4. The Morgan fingerprint density at radius 3 is 2.93 bits per heavy atom. The predicted octanol–water partition coefficient (Wildman–Crippen LogP) is -0.668. The number of nitrogens with two attached hydrogens (primary N) is 1. The normalized spacial score (nSPS) is 28.9. The molecule has 1 saturated heterocycles. The topological polar surface area (TPSA) is 75.8 Å². The number of ether oxygens (including phenoxy) is 1. The standard InChI is InChI=1S/C10H20N2O3/c1-3-9(11)10(14)12-4-8(5-13)15-6-7(12)2/h7-9,13H,3-6,11H2,1-2H3. The van der Waals surface area contributed by atoms with Crippen LogP contribution in [0.5, 0.6) is 0 Å². The van der Waals surface area contributed by atoms with Crippen LogP contribution in [-0.4, -0.2) is 53.9 Å². The summed E-state index contributed by atoms with van der Waals surface area (Å²) in [7, 11) is 0. The molecule has 0 aliphatic carbocycles. The molecule has 0 aromatic rings. The molecule has 5 heteroatoms. The Bertz CT molecular complexity index is 223. The highest BCUT2D eigenvalue weighted by atomic mass is 16.5. The minimum atomic E-state index is -0.440. The minimum absolute atomic E-state index is 0.0397. The van der Waals surface area contributed by atoms with Crippen LogP contribution >= 0.6 is 0 Å². The van der Waals surface area contributed by atoms with E-state index in [9.17, 15) is 4.79 Å². The Labute approximate surface area is 90.2 Å². The van der Waals surface area contributed by atoms with Gasteiger partial charge in [0.2, 0.25) is 5.91 Å². The van der Waals surface area contributed by atoms with Crippen molar-refractivity contribution in [3.05, 3.63) is 0 Å². The summed E-state index contributed by atoms with van der Waals surface area (Å²) < 4.78 is 5.35. The summed E-state index contributed by atoms with van der Waals surface area (Å²) in [5, 5.41) is 8.98. The Hall–Kier alpha value is -0.650. The van der Waals surface area contributed by atoms with Crippen molar-refractivity contribution in [2.45, 2.75) is 38.5 Å². The van der Waals surface area contributed by atoms with Crippen LogP contribution < -0.4 is 5.73 Å². The van der Waals surface area contributed by atoms with Crippen LogP contribution in [0.15, 0.2) is 0 Å². The first-order valence-corrected chi connectivity index (χ1v) is 5.38. The molecule has 0 aromatic carbocycles. The van der Waals surface area contributed by atoms with E-state index in [4.69, 9.17) is 15.6 Å². The average Bonchev–Trinajstić information content (AvgIpc) is 2.27. The molecule has 5 nitrogen and oxygen atoms in total. The van der Waals surface area contributed by atoms with Crippen LogP contribution in [0.3, 0.4) is 0 Å². The molecular formula is C10H20N2O3. The maximum absolute atomic E-state index is 11.9. The second-order valence-corrected chi connectivity index (χ2v) is 3.99. The summed E-state index contributed by atoms with van der Waals surface area (Å²) in [5.41, 5.74) is 5.70. The van der Waals surface area contributed by atoms with Gasteiger partial charge in [0.25, 0.3) is 0 Å². The number of morpholine rings is 1. The summed E-state index contributed by atoms with van der Waals surface area (Å²) in [6.07, 6.45) is 0.362. The molecule has 1 amide bonds. The van der Waals surface area contributed by atoms with Crippen molar-refractivity contribution in [3.63, 3.8) is 0 Å². The molecule has 1 aliphatic heterocycles. The quantitative estimate of drug-likeness (QED) is 0.656. The van der Waals surface area contributed by atoms with Gasteiger partial charge in [0.15, 0.2) is 0 Å². The van der Waals surface area contributed by atoms with Gasteiger partial charge in [-0.15, -0.1) is 0 Å². The number of rotatable bonds is 3. The van der Waals surface area contributed by atoms with Gasteiger partial charge in [-0.1, -0.05) is 6.92 Å². The van der Waals surface area contributed by atoms with E-state index in [-0.39, 0.29) is 24.7 Å². The highest BCUT2D eigenvalue weighted by molar-refractivity contribution is 5.82. The monoisotopic (exact) mass is 216 g/mol. The van der Waals surface area contributed by atoms with Crippen molar-refractivity contribution in [2.75, 3.05) is 19.8 Å². The Kier molecular flexibility index (Phi) is 4.50. The second-order valence-electron chi connectivity index (χ2n) is 3.99. The third-order valence-corrected chi connectivity index (χ3v) is 2.75. The molecule has 15 heavy (non-hydrogen) atoms. The molecule has 1 aliphatic rings. The number of hydrogen-bond donors (Lipinski definition) is 2. The zero-order chi connectivity index (χ0) is 11.4. The van der Waals surface area contributed by atoms with Gasteiger partial charge in [-0.05, 0) is 13.3 Å². The first-order valence-electron chi connectivity index (χ1n) is 5.38. The summed E-state index contributed by atoms with van der Waals surface area (Å²) >= 11 is 0. The molecule has 3 N–H and O–H groups in total. The van der Waals surface area contributed by atoms with Gasteiger partial charge in [0.1, 0.15) is 0 Å². The first-order chi connectivity index (χ1) is 7.10. The molecule has 1 rings (SSSR count). The van der Waals surface area contributed by atoms with Crippen LogP contribution in [0.25, 0.3) is 0 Å². The molecular weight excluding hydrogens is 196 g/mol. The number of carbonyl (C=O) groups is 1. The number of aliphatic hydroxyl groups is 1. The first kappa shape index (κ1) is 12.4. The molecule has 3 atom stereocenters. The van der Waals surface area contributed by atoms with Crippen LogP contribution in [0.4, 0.5) is 0 Å². The maximum atomic E-state index is 11.9. The number of aliphatic hydroxyl groups excluding tert-OH is 1. The Morgan fingerprint density at radius 1 is 1.73 bits per heavy atom. The fourth-order valence-electron chi connectivity index (χ4n) is 1.62. The molecule has 3 unspecified atom stereocenters. The highest BCUT2D eigenvalue weighted by Gasteiger charge is 2.31. The van der Waals surface area contributed by atoms with Crippen molar-refractivity contribution >= 4 is 5.91 Å². The molecule has 1 fully saturated rings. The van der Waals surface area contributed by atoms with Crippen LogP contribution in [0, 0.1) is 0 Å². The molecule has 0 saturated carbocycles. The van der Waals surface area contributed by atoms with Crippen LogP contribution in [-0.2, 0) is 9.53 Å². The van der Waals surface area contributed by atoms with Crippen molar-refractivity contribution in [2.24, 2.45) is 5.73 Å². The van der Waals surface area contributed by atoms with E-state index in [1.165, 1.54) is 0 Å². The molecule has 1 heterocycles. The minimum Gasteiger partial charge on any atom is -0.394 e. The lowest BCUT2D eigenvalue weighted by Gasteiger charge is -2.38. The Morgan fingerprint density at radius 2 is 2.40 bits per heavy atom. The lowest BCUT2D eigenvalue weighted by Crippen LogP contribution is -2.56. The molecule has 0 aromatic heterocycles. The van der Waals surface area contributed by atoms with Gasteiger partial charge < -0.3 is 20.5 Å². The number of nitrogens with zero attached hydrogens (tertiary/aromatic N) is 1. The van der Waals surface area contributed by atoms with Gasteiger partial charge in [0.05, 0.1) is 31.4 Å². The number of carbonyl (C=O) groups excluding carboxylic acids is 1. The zero-order valence-corrected chi connectivity index (χ0v) is 9.35. The maximum Gasteiger partial charge on any atom is 0.239 e. The predicted molar refractivity (Wildman–Crippen MR) is 56.3 cm³/mol. The van der Waals surface area contributed by atoms with Gasteiger partial charge >= 0.3 is 0 Å². The van der Waals surface area contributed by atoms with E-state index in [2.05, 4.69) is 0 Å². The van der Waals surface area contributed by atoms with Crippen molar-refractivity contribution in [1.29, 1.82) is 0 Å². The van der Waals surface area contributed by atoms with Gasteiger partial charge in [-0.3, -0.25) is 4.79 Å². The smallest absolute Gasteiger partial charge is 0.239 e. The van der Waals surface area contributed by atoms with Crippen molar-refractivity contribution in [1.82, 2.24) is 4.90 Å². The second kappa shape index (κ2) is 5.44. The summed E-state index contributed by atoms with van der Waals surface area (Å²) in [6, 6.07) is -0.400. The highest BCUT2D eigenvalue weighted by Crippen LogP contribution is 2.13. The lowest BCUT2D eigenvalue weighted by atomic mass is 10.1. The lowest BCUT2D eigenvalue weighted by molar-refractivity contribution is -0.147. The van der Waals surface area contributed by atoms with Crippen LogP contribution in [0.2, 0.25) is 0 Å². The third-order valence-electron chi connectivity index (χ3n) is 2.75. The van der Waals surface area contributed by atoms with E-state index < -0.39 is 6.04 Å².